The molecule has 2 unspecified atom stereocenters. The molecule has 0 radical (unpaired) electrons. The van der Waals surface area contributed by atoms with E-state index in [-0.39, 0.29) is 32.0 Å². The van der Waals surface area contributed by atoms with Crippen LogP contribution in [-0.2, 0) is 32.7 Å². The van der Waals surface area contributed by atoms with E-state index in [1.54, 1.807) is 0 Å². The van der Waals surface area contributed by atoms with Gasteiger partial charge in [-0.1, -0.05) is 412 Å². The minimum absolute atomic E-state index is 0.0365. The van der Waals surface area contributed by atoms with Gasteiger partial charge in [0.1, 0.15) is 19.8 Å². The topological polar surface area (TPSA) is 111 Å². The second-order valence-electron chi connectivity index (χ2n) is 29.8. The van der Waals surface area contributed by atoms with Crippen LogP contribution < -0.4 is 4.89 Å². The number of hydrogen-bond acceptors (Lipinski definition) is 8. The number of likely N-dealkylation sites (N-methyl/N-ethyl adjacent to an activating group) is 1. The average molecular weight is 1420 g/mol. The number of esters is 2. The Morgan fingerprint density at radius 2 is 0.570 bits per heavy atom. The van der Waals surface area contributed by atoms with Crippen molar-refractivity contribution in [1.82, 2.24) is 0 Å². The third-order valence-corrected chi connectivity index (χ3v) is 19.8. The van der Waals surface area contributed by atoms with Gasteiger partial charge in [-0.3, -0.25) is 14.2 Å². The fourth-order valence-electron chi connectivity index (χ4n) is 12.4. The van der Waals surface area contributed by atoms with Gasteiger partial charge in [0, 0.05) is 12.8 Å². The first-order chi connectivity index (χ1) is 49.0. The predicted octanol–water partition coefficient (Wildman–Crippen LogP) is 28.1. The van der Waals surface area contributed by atoms with Crippen LogP contribution in [0.1, 0.15) is 399 Å². The largest absolute Gasteiger partial charge is 0.756 e. The van der Waals surface area contributed by atoms with Gasteiger partial charge in [-0.15, -0.1) is 0 Å². The lowest BCUT2D eigenvalue weighted by molar-refractivity contribution is -0.870. The maximum atomic E-state index is 12.9. The number of phosphoric ester groups is 1. The molecule has 0 fully saturated rings. The number of phosphoric acid groups is 1. The fraction of sp³-hybridized carbons (Fsp3) is 0.778. The summed E-state index contributed by atoms with van der Waals surface area (Å²) < 4.78 is 34.4. The smallest absolute Gasteiger partial charge is 0.306 e. The molecule has 0 rings (SSSR count). The van der Waals surface area contributed by atoms with Crippen LogP contribution in [0.2, 0.25) is 0 Å². The first kappa shape index (κ1) is 96.7. The van der Waals surface area contributed by atoms with Crippen LogP contribution >= 0.6 is 7.82 Å². The molecule has 10 heteroatoms. The quantitative estimate of drug-likeness (QED) is 0.0195. The van der Waals surface area contributed by atoms with E-state index >= 15 is 0 Å². The summed E-state index contributed by atoms with van der Waals surface area (Å²) in [6.45, 7) is 4.16. The number of unbranched alkanes of at least 4 members (excludes halogenated alkanes) is 47. The molecule has 0 saturated carbocycles. The van der Waals surface area contributed by atoms with E-state index in [0.29, 0.717) is 17.4 Å². The van der Waals surface area contributed by atoms with Crippen LogP contribution in [0.25, 0.3) is 0 Å². The molecule has 0 N–H and O–H groups in total. The van der Waals surface area contributed by atoms with Crippen molar-refractivity contribution < 1.29 is 42.1 Å². The molecule has 0 amide bonds. The lowest BCUT2D eigenvalue weighted by Gasteiger charge is -2.28. The van der Waals surface area contributed by atoms with E-state index in [2.05, 4.69) is 123 Å². The Labute approximate surface area is 620 Å². The Hall–Kier alpha value is -3.33. The van der Waals surface area contributed by atoms with Gasteiger partial charge in [0.15, 0.2) is 6.10 Å². The molecule has 2 atom stereocenters. The van der Waals surface area contributed by atoms with E-state index in [1.165, 1.54) is 263 Å². The lowest BCUT2D eigenvalue weighted by Crippen LogP contribution is -2.37. The monoisotopic (exact) mass is 1420 g/mol. The van der Waals surface area contributed by atoms with Crippen molar-refractivity contribution in [2.24, 2.45) is 0 Å². The summed E-state index contributed by atoms with van der Waals surface area (Å²) in [5.41, 5.74) is 0. The molecule has 0 aromatic heterocycles. The van der Waals surface area contributed by atoms with E-state index in [9.17, 15) is 19.0 Å². The van der Waals surface area contributed by atoms with Crippen LogP contribution in [0.15, 0.2) is 109 Å². The van der Waals surface area contributed by atoms with Crippen molar-refractivity contribution in [3.63, 3.8) is 0 Å². The van der Waals surface area contributed by atoms with Gasteiger partial charge in [0.2, 0.25) is 0 Å². The van der Waals surface area contributed by atoms with Crippen LogP contribution in [0.4, 0.5) is 0 Å². The van der Waals surface area contributed by atoms with E-state index < -0.39 is 26.5 Å². The Kier molecular flexibility index (Phi) is 77.1. The lowest BCUT2D eigenvalue weighted by atomic mass is 10.0. The summed E-state index contributed by atoms with van der Waals surface area (Å²) in [6.07, 6.45) is 114. The molecule has 0 aliphatic rings. The summed E-state index contributed by atoms with van der Waals surface area (Å²) in [5, 5.41) is 0. The SMILES string of the molecule is CC/C=C\C/C=C\C/C=C\C/C=C\C/C=C\C/C=C\C/C=C\C/C=C\C/C=C\CCCCCCCCCC(=O)OC(COC(=O)CCCCCCCCCCCCCCCCCCCCCCCCCCCCCCCCCCCCCCCCCCC)COP(=O)([O-])OCC[N+](C)(C)C. The van der Waals surface area contributed by atoms with Crippen LogP contribution in [-0.4, -0.2) is 70.0 Å². The molecule has 100 heavy (non-hydrogen) atoms. The number of rotatable bonds is 79. The Balaban J connectivity index is 3.94. The molecule has 0 heterocycles. The Morgan fingerprint density at radius 1 is 0.320 bits per heavy atom. The third kappa shape index (κ3) is 83.6. The van der Waals surface area contributed by atoms with Gasteiger partial charge in [0.05, 0.1) is 27.7 Å². The highest BCUT2D eigenvalue weighted by atomic mass is 31.2. The van der Waals surface area contributed by atoms with Crippen LogP contribution in [0.3, 0.4) is 0 Å². The van der Waals surface area contributed by atoms with Crippen molar-refractivity contribution in [2.45, 2.75) is 405 Å². The highest BCUT2D eigenvalue weighted by Gasteiger charge is 2.22. The molecule has 0 saturated heterocycles. The number of allylic oxidation sites excluding steroid dienone is 18. The molecule has 0 aliphatic heterocycles. The zero-order chi connectivity index (χ0) is 72.5. The molecule has 580 valence electrons. The molecule has 0 spiro atoms. The predicted molar refractivity (Wildman–Crippen MR) is 434 cm³/mol. The molecule has 0 aromatic rings. The van der Waals surface area contributed by atoms with Gasteiger partial charge in [-0.05, 0) is 83.5 Å². The van der Waals surface area contributed by atoms with Gasteiger partial charge >= 0.3 is 11.9 Å². The normalized spacial score (nSPS) is 13.5. The van der Waals surface area contributed by atoms with Gasteiger partial charge < -0.3 is 27.9 Å². The van der Waals surface area contributed by atoms with E-state index in [1.807, 2.05) is 21.1 Å². The summed E-state index contributed by atoms with van der Waals surface area (Å²) in [5.74, 6) is -0.836. The fourth-order valence-corrected chi connectivity index (χ4v) is 13.1. The summed E-state index contributed by atoms with van der Waals surface area (Å²) in [7, 11) is 1.16. The summed E-state index contributed by atoms with van der Waals surface area (Å²) in [4.78, 5) is 38.2. The minimum Gasteiger partial charge on any atom is -0.756 e. The van der Waals surface area contributed by atoms with Crippen molar-refractivity contribution in [2.75, 3.05) is 47.5 Å². The molecule has 9 nitrogen and oxygen atoms in total. The summed E-state index contributed by atoms with van der Waals surface area (Å²) in [6, 6.07) is 0. The molecular weight excluding hydrogens is 1250 g/mol. The summed E-state index contributed by atoms with van der Waals surface area (Å²) >= 11 is 0. The number of ether oxygens (including phenoxy) is 2. The molecule has 0 bridgehead atoms. The number of nitrogens with zero attached hydrogens (tertiary/aromatic N) is 1. The Bertz CT molecular complexity index is 2060. The maximum Gasteiger partial charge on any atom is 0.306 e. The first-order valence-corrected chi connectivity index (χ1v) is 44.1. The highest BCUT2D eigenvalue weighted by Crippen LogP contribution is 2.38. The van der Waals surface area contributed by atoms with Crippen LogP contribution in [0.5, 0.6) is 0 Å². The standard InChI is InChI=1S/C90H162NO8P/c1-6-8-10-12-14-16-18-20-22-24-26-28-30-32-34-36-38-40-42-43-44-45-46-47-49-50-52-54-56-58-60-62-64-66-68-70-72-74-76-78-80-82-89(92)96-86-88(87-98-100(94,95)97-85-84-91(3,4)5)99-90(93)83-81-79-77-75-73-71-69-67-65-63-61-59-57-55-53-51-48-41-39-37-35-33-31-29-27-25-23-21-19-17-15-13-11-9-7-2/h9,11,15,17,21,23,27,29,33,35,39,41,51,53,57,59,63,65,88H,6-8,10,12-14,16,18-20,22,24-26,28,30-32,34,36-38,40,42-50,52,54-56,58,60-62,64,66-87H2,1-5H3/b11-9-,17-15-,23-21-,29-27-,35-33-,41-39-,53-51-,59-57-,65-63-. The highest BCUT2D eigenvalue weighted by molar-refractivity contribution is 7.45. The van der Waals surface area contributed by atoms with Gasteiger partial charge in [0.25, 0.3) is 7.82 Å². The van der Waals surface area contributed by atoms with E-state index in [4.69, 9.17) is 18.5 Å². The van der Waals surface area contributed by atoms with Gasteiger partial charge in [-0.2, -0.15) is 0 Å². The van der Waals surface area contributed by atoms with Crippen LogP contribution in [0, 0.1) is 0 Å². The Morgan fingerprint density at radius 3 is 0.850 bits per heavy atom. The minimum atomic E-state index is -4.66. The molecule has 0 aliphatic carbocycles. The second kappa shape index (κ2) is 79.8. The van der Waals surface area contributed by atoms with Crippen molar-refractivity contribution in [3.8, 4) is 0 Å². The van der Waals surface area contributed by atoms with E-state index in [0.717, 1.165) is 103 Å². The van der Waals surface area contributed by atoms with Crippen molar-refractivity contribution >= 4 is 19.8 Å². The third-order valence-electron chi connectivity index (χ3n) is 18.8. The van der Waals surface area contributed by atoms with Gasteiger partial charge in [-0.25, -0.2) is 0 Å². The second-order valence-corrected chi connectivity index (χ2v) is 31.2. The van der Waals surface area contributed by atoms with Crippen molar-refractivity contribution in [3.05, 3.63) is 109 Å². The number of hydrogen-bond donors (Lipinski definition) is 0. The molecular formula is C90H162NO8P. The first-order valence-electron chi connectivity index (χ1n) is 42.6. The zero-order valence-electron chi connectivity index (χ0n) is 66.4. The maximum absolute atomic E-state index is 12.9. The zero-order valence-corrected chi connectivity index (χ0v) is 67.3. The number of quaternary nitrogens is 1. The molecule has 0 aromatic carbocycles. The van der Waals surface area contributed by atoms with Crippen molar-refractivity contribution in [1.29, 1.82) is 0 Å². The number of carbonyl (C=O) groups is 2. The number of carbonyl (C=O) groups excluding carboxylic acids is 2. The average Bonchev–Trinajstić information content (AvgIpc) is 1.65.